The lowest BCUT2D eigenvalue weighted by molar-refractivity contribution is 0.315. The highest BCUT2D eigenvalue weighted by molar-refractivity contribution is 7.80. The monoisotopic (exact) mass is 381 g/mol. The van der Waals surface area contributed by atoms with Gasteiger partial charge in [-0.05, 0) is 53.5 Å². The van der Waals surface area contributed by atoms with Crippen molar-refractivity contribution in [1.82, 2.24) is 15.2 Å². The standard InChI is InChI=1S/C20H19N3OS2/c1-24-15-9-7-14(8-10-15)13-23-19(17-6-4-12-26-17)18(22-20(23)25)16-5-2-3-11-21-16/h2-12,18-19H,13H2,1H3,(H,22,25)/t18-,19-/m0/s1. The van der Waals surface area contributed by atoms with Crippen LogP contribution in [0.25, 0.3) is 0 Å². The number of rotatable bonds is 5. The van der Waals surface area contributed by atoms with E-state index in [1.165, 1.54) is 10.4 Å². The topological polar surface area (TPSA) is 37.4 Å². The number of ether oxygens (including phenoxy) is 1. The first-order valence-electron chi connectivity index (χ1n) is 8.40. The zero-order valence-electron chi connectivity index (χ0n) is 14.3. The zero-order valence-corrected chi connectivity index (χ0v) is 16.0. The smallest absolute Gasteiger partial charge is 0.170 e. The first kappa shape index (κ1) is 17.0. The van der Waals surface area contributed by atoms with Crippen molar-refractivity contribution >= 4 is 28.7 Å². The van der Waals surface area contributed by atoms with Crippen LogP contribution in [0.1, 0.15) is 28.2 Å². The van der Waals surface area contributed by atoms with E-state index in [-0.39, 0.29) is 12.1 Å². The number of hydrogen-bond acceptors (Lipinski definition) is 4. The van der Waals surface area contributed by atoms with Crippen molar-refractivity contribution in [2.45, 2.75) is 18.6 Å². The summed E-state index contributed by atoms with van der Waals surface area (Å²) < 4.78 is 5.26. The maximum atomic E-state index is 5.68. The van der Waals surface area contributed by atoms with E-state index in [1.807, 2.05) is 30.5 Å². The van der Waals surface area contributed by atoms with Gasteiger partial charge in [-0.2, -0.15) is 0 Å². The van der Waals surface area contributed by atoms with Crippen molar-refractivity contribution < 1.29 is 4.74 Å². The van der Waals surface area contributed by atoms with Gasteiger partial charge in [0, 0.05) is 17.6 Å². The van der Waals surface area contributed by atoms with E-state index in [2.05, 4.69) is 50.9 Å². The molecule has 3 heterocycles. The van der Waals surface area contributed by atoms with Crippen LogP contribution in [0.4, 0.5) is 0 Å². The molecule has 0 amide bonds. The number of nitrogens with one attached hydrogen (secondary N) is 1. The Hall–Kier alpha value is -2.44. The molecule has 1 aromatic carbocycles. The maximum absolute atomic E-state index is 5.68. The highest BCUT2D eigenvalue weighted by Crippen LogP contribution is 2.41. The van der Waals surface area contributed by atoms with Crippen LogP contribution in [-0.2, 0) is 6.54 Å². The summed E-state index contributed by atoms with van der Waals surface area (Å²) in [5.74, 6) is 0.858. The van der Waals surface area contributed by atoms with Crippen molar-refractivity contribution in [3.8, 4) is 5.75 Å². The molecule has 0 bridgehead atoms. The molecule has 3 aromatic rings. The van der Waals surface area contributed by atoms with Gasteiger partial charge in [-0.15, -0.1) is 11.3 Å². The van der Waals surface area contributed by atoms with E-state index in [1.54, 1.807) is 18.4 Å². The molecule has 4 nitrogen and oxygen atoms in total. The van der Waals surface area contributed by atoms with E-state index < -0.39 is 0 Å². The number of thiophene rings is 1. The van der Waals surface area contributed by atoms with Crippen molar-refractivity contribution in [3.05, 3.63) is 82.3 Å². The van der Waals surface area contributed by atoms with Gasteiger partial charge in [0.05, 0.1) is 24.9 Å². The van der Waals surface area contributed by atoms with Crippen molar-refractivity contribution in [2.75, 3.05) is 7.11 Å². The minimum atomic E-state index is 0.0422. The second kappa shape index (κ2) is 7.43. The van der Waals surface area contributed by atoms with E-state index in [9.17, 15) is 0 Å². The molecule has 0 spiro atoms. The van der Waals surface area contributed by atoms with Gasteiger partial charge in [-0.3, -0.25) is 4.98 Å². The third-order valence-electron chi connectivity index (χ3n) is 4.54. The molecule has 0 radical (unpaired) electrons. The molecule has 4 rings (SSSR count). The normalized spacial score (nSPS) is 19.4. The number of aromatic nitrogens is 1. The highest BCUT2D eigenvalue weighted by atomic mass is 32.1. The number of benzene rings is 1. The SMILES string of the molecule is COc1ccc(CN2C(=S)N[C@@H](c3ccccn3)[C@@H]2c2cccs2)cc1. The number of nitrogens with zero attached hydrogens (tertiary/aromatic N) is 2. The van der Waals surface area contributed by atoms with E-state index >= 15 is 0 Å². The van der Waals surface area contributed by atoms with Gasteiger partial charge in [0.1, 0.15) is 5.75 Å². The second-order valence-corrected chi connectivity index (χ2v) is 7.48. The van der Waals surface area contributed by atoms with Crippen LogP contribution in [0.15, 0.2) is 66.2 Å². The lowest BCUT2D eigenvalue weighted by Gasteiger charge is -2.27. The molecule has 0 unspecified atom stereocenters. The van der Waals surface area contributed by atoms with Crippen molar-refractivity contribution in [2.24, 2.45) is 0 Å². The fourth-order valence-electron chi connectivity index (χ4n) is 3.27. The summed E-state index contributed by atoms with van der Waals surface area (Å²) in [6.45, 7) is 0.738. The van der Waals surface area contributed by atoms with E-state index in [4.69, 9.17) is 17.0 Å². The summed E-state index contributed by atoms with van der Waals surface area (Å²) in [7, 11) is 1.68. The summed E-state index contributed by atoms with van der Waals surface area (Å²) >= 11 is 7.44. The van der Waals surface area contributed by atoms with Gasteiger partial charge in [-0.1, -0.05) is 24.3 Å². The summed E-state index contributed by atoms with van der Waals surface area (Å²) in [4.78, 5) is 8.09. The first-order chi connectivity index (χ1) is 12.8. The molecule has 132 valence electrons. The molecule has 1 N–H and O–H groups in total. The minimum Gasteiger partial charge on any atom is -0.497 e. The Balaban J connectivity index is 1.66. The third-order valence-corrected chi connectivity index (χ3v) is 5.84. The largest absolute Gasteiger partial charge is 0.497 e. The van der Waals surface area contributed by atoms with Gasteiger partial charge >= 0.3 is 0 Å². The molecule has 1 saturated heterocycles. The Kier molecular flexibility index (Phi) is 4.86. The number of thiocarbonyl (C=S) groups is 1. The summed E-state index contributed by atoms with van der Waals surface area (Å²) in [5.41, 5.74) is 2.20. The molecular weight excluding hydrogens is 362 g/mol. The van der Waals surface area contributed by atoms with Crippen LogP contribution in [0.5, 0.6) is 5.75 Å². The molecule has 26 heavy (non-hydrogen) atoms. The van der Waals surface area contributed by atoms with Gasteiger partial charge in [0.2, 0.25) is 0 Å². The Morgan fingerprint density at radius 3 is 2.65 bits per heavy atom. The molecule has 2 atom stereocenters. The molecule has 1 aliphatic rings. The second-order valence-electron chi connectivity index (χ2n) is 6.12. The number of methoxy groups -OCH3 is 1. The Morgan fingerprint density at radius 2 is 2.00 bits per heavy atom. The first-order valence-corrected chi connectivity index (χ1v) is 9.69. The van der Waals surface area contributed by atoms with Crippen LogP contribution in [0.3, 0.4) is 0 Å². The fourth-order valence-corrected chi connectivity index (χ4v) is 4.45. The molecule has 1 aliphatic heterocycles. The Bertz CT molecular complexity index is 866. The highest BCUT2D eigenvalue weighted by Gasteiger charge is 2.40. The van der Waals surface area contributed by atoms with Crippen LogP contribution in [-0.4, -0.2) is 22.1 Å². The molecule has 6 heteroatoms. The molecule has 0 saturated carbocycles. The van der Waals surface area contributed by atoms with Crippen LogP contribution < -0.4 is 10.1 Å². The lowest BCUT2D eigenvalue weighted by Crippen LogP contribution is -2.28. The summed E-state index contributed by atoms with van der Waals surface area (Å²) in [6, 6.07) is 18.6. The van der Waals surface area contributed by atoms with Crippen LogP contribution >= 0.6 is 23.6 Å². The van der Waals surface area contributed by atoms with Gasteiger partial charge in [-0.25, -0.2) is 0 Å². The van der Waals surface area contributed by atoms with E-state index in [0.29, 0.717) is 0 Å². The lowest BCUT2D eigenvalue weighted by atomic mass is 10.0. The molecule has 0 aliphatic carbocycles. The summed E-state index contributed by atoms with van der Waals surface area (Å²) in [6.07, 6.45) is 1.83. The van der Waals surface area contributed by atoms with Gasteiger partial charge < -0.3 is 15.0 Å². The molecule has 1 fully saturated rings. The fraction of sp³-hybridized carbons (Fsp3) is 0.200. The molecule has 2 aromatic heterocycles. The average molecular weight is 382 g/mol. The number of pyridine rings is 1. The van der Waals surface area contributed by atoms with E-state index in [0.717, 1.165) is 23.1 Å². The number of hydrogen-bond donors (Lipinski definition) is 1. The van der Waals surface area contributed by atoms with Gasteiger partial charge in [0.15, 0.2) is 5.11 Å². The average Bonchev–Trinajstić information content (AvgIpc) is 3.32. The van der Waals surface area contributed by atoms with Crippen LogP contribution in [0.2, 0.25) is 0 Å². The predicted octanol–water partition coefficient (Wildman–Crippen LogP) is 4.32. The third kappa shape index (κ3) is 3.30. The predicted molar refractivity (Wildman–Crippen MR) is 108 cm³/mol. The van der Waals surface area contributed by atoms with Gasteiger partial charge in [0.25, 0.3) is 0 Å². The Labute approximate surface area is 162 Å². The van der Waals surface area contributed by atoms with Crippen LogP contribution in [0, 0.1) is 0 Å². The Morgan fingerprint density at radius 1 is 1.15 bits per heavy atom. The zero-order chi connectivity index (χ0) is 17.9. The minimum absolute atomic E-state index is 0.0422. The summed E-state index contributed by atoms with van der Waals surface area (Å²) in [5, 5.41) is 6.35. The molecular formula is C20H19N3OS2. The van der Waals surface area contributed by atoms with Crippen molar-refractivity contribution in [1.29, 1.82) is 0 Å². The maximum Gasteiger partial charge on any atom is 0.170 e. The quantitative estimate of drug-likeness (QED) is 0.666. The van der Waals surface area contributed by atoms with Crippen molar-refractivity contribution in [3.63, 3.8) is 0 Å².